The highest BCUT2D eigenvalue weighted by Gasteiger charge is 2.25. The Hall–Kier alpha value is -0.550. The number of hydrogen-bond donors (Lipinski definition) is 3. The largest absolute Gasteiger partial charge is 0.281 e. The third-order valence-electron chi connectivity index (χ3n) is 1.60. The smallest absolute Gasteiger partial charge is 0.0799 e. The summed E-state index contributed by atoms with van der Waals surface area (Å²) in [6, 6.07) is 7.19. The van der Waals surface area contributed by atoms with E-state index in [2.05, 4.69) is 4.72 Å². The van der Waals surface area contributed by atoms with Crippen LogP contribution in [0.4, 0.5) is 0 Å². The zero-order valence-corrected chi connectivity index (χ0v) is 6.51. The molecule has 1 aliphatic heterocycles. The minimum atomic E-state index is -2.71. The van der Waals surface area contributed by atoms with Gasteiger partial charge in [-0.2, -0.15) is 0 Å². The van der Waals surface area contributed by atoms with Gasteiger partial charge in [0.05, 0.1) is 11.4 Å². The maximum absolute atomic E-state index is 9.34. The third-order valence-corrected chi connectivity index (χ3v) is 3.04. The molecule has 1 aliphatic rings. The lowest BCUT2D eigenvalue weighted by Gasteiger charge is -2.26. The van der Waals surface area contributed by atoms with Crippen LogP contribution in [0.15, 0.2) is 29.2 Å². The second-order valence-corrected chi connectivity index (χ2v) is 4.12. The SMILES string of the molecule is OS1(O)N[CH]c2ccccc21. The van der Waals surface area contributed by atoms with Crippen molar-refractivity contribution in [2.75, 3.05) is 0 Å². The van der Waals surface area contributed by atoms with Crippen molar-refractivity contribution in [1.29, 1.82) is 0 Å². The van der Waals surface area contributed by atoms with E-state index in [1.165, 1.54) is 0 Å². The number of benzene rings is 1. The van der Waals surface area contributed by atoms with Gasteiger partial charge in [0.2, 0.25) is 0 Å². The Kier molecular flexibility index (Phi) is 1.43. The molecule has 11 heavy (non-hydrogen) atoms. The normalized spacial score (nSPS) is 22.7. The lowest BCUT2D eigenvalue weighted by molar-refractivity contribution is 0.482. The van der Waals surface area contributed by atoms with Crippen molar-refractivity contribution in [3.05, 3.63) is 36.4 Å². The van der Waals surface area contributed by atoms with Gasteiger partial charge in [0, 0.05) is 0 Å². The molecule has 0 amide bonds. The van der Waals surface area contributed by atoms with Crippen molar-refractivity contribution in [2.24, 2.45) is 0 Å². The van der Waals surface area contributed by atoms with Gasteiger partial charge in [0.1, 0.15) is 0 Å². The van der Waals surface area contributed by atoms with Crippen LogP contribution in [0.2, 0.25) is 0 Å². The average molecular weight is 170 g/mol. The lowest BCUT2D eigenvalue weighted by atomic mass is 10.2. The Bertz CT molecular complexity index is 288. The zero-order valence-electron chi connectivity index (χ0n) is 5.69. The summed E-state index contributed by atoms with van der Waals surface area (Å²) >= 11 is 0. The molecule has 59 valence electrons. The van der Waals surface area contributed by atoms with Crippen LogP contribution >= 0.6 is 10.8 Å². The predicted octanol–water partition coefficient (Wildman–Crippen LogP) is 1.82. The molecule has 0 spiro atoms. The number of hydrogen-bond acceptors (Lipinski definition) is 3. The molecule has 3 nitrogen and oxygen atoms in total. The van der Waals surface area contributed by atoms with Crippen molar-refractivity contribution >= 4 is 10.8 Å². The van der Waals surface area contributed by atoms with Crippen molar-refractivity contribution in [1.82, 2.24) is 4.72 Å². The summed E-state index contributed by atoms with van der Waals surface area (Å²) in [7, 11) is -2.71. The van der Waals surface area contributed by atoms with Gasteiger partial charge in [-0.25, -0.2) is 4.72 Å². The maximum Gasteiger partial charge on any atom is 0.0799 e. The lowest BCUT2D eigenvalue weighted by Crippen LogP contribution is -2.08. The van der Waals surface area contributed by atoms with Crippen LogP contribution in [0.3, 0.4) is 0 Å². The topological polar surface area (TPSA) is 52.5 Å². The fourth-order valence-corrected chi connectivity index (χ4v) is 2.21. The first-order chi connectivity index (χ1) is 5.20. The average Bonchev–Trinajstić information content (AvgIpc) is 2.29. The van der Waals surface area contributed by atoms with Gasteiger partial charge < -0.3 is 0 Å². The fraction of sp³-hybridized carbons (Fsp3) is 0. The zero-order chi connectivity index (χ0) is 7.90. The van der Waals surface area contributed by atoms with E-state index in [0.29, 0.717) is 4.90 Å². The molecule has 0 saturated carbocycles. The summed E-state index contributed by atoms with van der Waals surface area (Å²) in [5.41, 5.74) is 0.854. The fourth-order valence-electron chi connectivity index (χ4n) is 1.07. The molecule has 0 atom stereocenters. The Labute approximate surface area is 66.5 Å². The monoisotopic (exact) mass is 170 g/mol. The number of nitrogens with one attached hydrogen (secondary N) is 1. The van der Waals surface area contributed by atoms with E-state index in [1.54, 1.807) is 18.7 Å². The summed E-state index contributed by atoms with van der Waals surface area (Å²) in [6.07, 6.45) is 0. The van der Waals surface area contributed by atoms with E-state index < -0.39 is 10.8 Å². The molecule has 2 rings (SSSR count). The molecule has 0 saturated heterocycles. The molecule has 0 aliphatic carbocycles. The van der Waals surface area contributed by atoms with Crippen molar-refractivity contribution in [2.45, 2.75) is 4.90 Å². The van der Waals surface area contributed by atoms with Crippen LogP contribution in [-0.4, -0.2) is 9.11 Å². The van der Waals surface area contributed by atoms with Gasteiger partial charge in [0.15, 0.2) is 0 Å². The molecule has 0 bridgehead atoms. The third kappa shape index (κ3) is 1.04. The second-order valence-electron chi connectivity index (χ2n) is 2.35. The van der Waals surface area contributed by atoms with E-state index in [0.717, 1.165) is 5.56 Å². The number of fused-ring (bicyclic) bond motifs is 1. The molecule has 0 aromatic heterocycles. The Balaban J connectivity index is 2.56. The maximum atomic E-state index is 9.34. The van der Waals surface area contributed by atoms with Crippen LogP contribution in [-0.2, 0) is 0 Å². The van der Waals surface area contributed by atoms with Crippen LogP contribution in [0.1, 0.15) is 5.56 Å². The van der Waals surface area contributed by atoms with Gasteiger partial charge in [-0.05, 0) is 11.6 Å². The van der Waals surface area contributed by atoms with Gasteiger partial charge >= 0.3 is 0 Å². The van der Waals surface area contributed by atoms with Crippen LogP contribution < -0.4 is 4.72 Å². The minimum Gasteiger partial charge on any atom is -0.281 e. The molecule has 0 unspecified atom stereocenters. The first kappa shape index (κ1) is 7.12. The minimum absolute atomic E-state index is 0.583. The van der Waals surface area contributed by atoms with Crippen LogP contribution in [0.5, 0.6) is 0 Å². The molecule has 3 N–H and O–H groups in total. The van der Waals surface area contributed by atoms with E-state index in [1.807, 2.05) is 12.1 Å². The highest BCUT2D eigenvalue weighted by atomic mass is 32.3. The van der Waals surface area contributed by atoms with Crippen molar-refractivity contribution in [3.8, 4) is 0 Å². The summed E-state index contributed by atoms with van der Waals surface area (Å²) in [4.78, 5) is 0.583. The summed E-state index contributed by atoms with van der Waals surface area (Å²) < 4.78 is 21.2. The molecular formula is C7H8NO2S. The first-order valence-electron chi connectivity index (χ1n) is 3.18. The van der Waals surface area contributed by atoms with Crippen molar-refractivity contribution < 1.29 is 9.11 Å². The highest BCUT2D eigenvalue weighted by Crippen LogP contribution is 2.50. The molecular weight excluding hydrogens is 162 g/mol. The van der Waals surface area contributed by atoms with Gasteiger partial charge in [-0.15, -0.1) is 10.8 Å². The predicted molar refractivity (Wildman–Crippen MR) is 44.1 cm³/mol. The Morgan fingerprint density at radius 3 is 2.64 bits per heavy atom. The van der Waals surface area contributed by atoms with Gasteiger partial charge in [-0.1, -0.05) is 18.2 Å². The summed E-state index contributed by atoms with van der Waals surface area (Å²) in [5, 5.41) is 0. The van der Waals surface area contributed by atoms with Gasteiger partial charge in [-0.3, -0.25) is 9.11 Å². The molecule has 1 aromatic rings. The van der Waals surface area contributed by atoms with Crippen LogP contribution in [0, 0.1) is 6.54 Å². The first-order valence-corrected chi connectivity index (χ1v) is 4.72. The van der Waals surface area contributed by atoms with E-state index >= 15 is 0 Å². The molecule has 1 heterocycles. The molecule has 1 radical (unpaired) electrons. The summed E-state index contributed by atoms with van der Waals surface area (Å²) in [6.45, 7) is 1.62. The van der Waals surface area contributed by atoms with Gasteiger partial charge in [0.25, 0.3) is 0 Å². The standard InChI is InChI=1S/C7H8NO2S/c9-11(10)7-4-2-1-3-6(7)5-8-11/h1-5,8-10H. The molecule has 4 heteroatoms. The number of rotatable bonds is 0. The second kappa shape index (κ2) is 2.22. The molecule has 1 aromatic carbocycles. The Morgan fingerprint density at radius 1 is 1.18 bits per heavy atom. The summed E-state index contributed by atoms with van der Waals surface area (Å²) in [5.74, 6) is 0. The highest BCUT2D eigenvalue weighted by molar-refractivity contribution is 8.23. The van der Waals surface area contributed by atoms with E-state index in [-0.39, 0.29) is 0 Å². The van der Waals surface area contributed by atoms with E-state index in [4.69, 9.17) is 0 Å². The van der Waals surface area contributed by atoms with E-state index in [9.17, 15) is 9.11 Å². The van der Waals surface area contributed by atoms with Crippen molar-refractivity contribution in [3.63, 3.8) is 0 Å². The quantitative estimate of drug-likeness (QED) is 0.556. The Morgan fingerprint density at radius 2 is 1.91 bits per heavy atom. The van der Waals surface area contributed by atoms with Crippen LogP contribution in [0.25, 0.3) is 0 Å². The molecule has 0 fully saturated rings.